The van der Waals surface area contributed by atoms with Gasteiger partial charge in [0.05, 0.1) is 36.4 Å². The van der Waals surface area contributed by atoms with Crippen LogP contribution in [-0.2, 0) is 4.74 Å². The zero-order valence-corrected chi connectivity index (χ0v) is 25.5. The molecule has 1 aliphatic heterocycles. The zero-order chi connectivity index (χ0) is 30.7. The summed E-state index contributed by atoms with van der Waals surface area (Å²) in [5.74, 6) is -0.129. The normalized spacial score (nSPS) is 14.2. The van der Waals surface area contributed by atoms with Crippen LogP contribution >= 0.6 is 11.3 Å². The van der Waals surface area contributed by atoms with Crippen molar-refractivity contribution in [3.63, 3.8) is 0 Å². The number of anilines is 1. The van der Waals surface area contributed by atoms with Gasteiger partial charge in [0, 0.05) is 0 Å². The predicted molar refractivity (Wildman–Crippen MR) is 166 cm³/mol. The van der Waals surface area contributed by atoms with Gasteiger partial charge < -0.3 is 18.6 Å². The van der Waals surface area contributed by atoms with E-state index in [1.807, 2.05) is 19.1 Å². The second kappa shape index (κ2) is 12.8. The van der Waals surface area contributed by atoms with E-state index in [-0.39, 0.29) is 33.4 Å². The number of fused-ring (bicyclic) bond motifs is 2. The zero-order valence-electron chi connectivity index (χ0n) is 24.7. The summed E-state index contributed by atoms with van der Waals surface area (Å²) in [6, 6.07) is 9.73. The van der Waals surface area contributed by atoms with Crippen LogP contribution in [0, 0.1) is 13.8 Å². The Hall–Kier alpha value is -4.44. The van der Waals surface area contributed by atoms with Crippen molar-refractivity contribution in [3.05, 3.63) is 92.3 Å². The molecule has 0 bridgehead atoms. The summed E-state index contributed by atoms with van der Waals surface area (Å²) in [5, 5.41) is 0.612. The molecule has 0 N–H and O–H groups in total. The van der Waals surface area contributed by atoms with E-state index in [1.54, 1.807) is 38.3 Å². The summed E-state index contributed by atoms with van der Waals surface area (Å²) in [4.78, 5) is 47.0. The fourth-order valence-electron chi connectivity index (χ4n) is 5.16. The van der Waals surface area contributed by atoms with Crippen LogP contribution in [0.15, 0.2) is 58.3 Å². The molecule has 0 saturated heterocycles. The minimum absolute atomic E-state index is 0.0411. The number of hydrogen-bond donors (Lipinski definition) is 0. The maximum absolute atomic E-state index is 14.0. The van der Waals surface area contributed by atoms with Crippen LogP contribution in [0.1, 0.15) is 81.3 Å². The molecule has 5 rings (SSSR count). The number of methoxy groups -OCH3 is 1. The Morgan fingerprint density at radius 1 is 1.12 bits per heavy atom. The van der Waals surface area contributed by atoms with Crippen LogP contribution in [-0.4, -0.2) is 37.2 Å². The molecule has 0 spiro atoms. The van der Waals surface area contributed by atoms with Crippen LogP contribution in [0.2, 0.25) is 0 Å². The molecule has 1 atom stereocenters. The number of unbranched alkanes of at least 4 members (excludes halogenated alkanes) is 3. The van der Waals surface area contributed by atoms with Crippen molar-refractivity contribution in [1.82, 2.24) is 4.98 Å². The Balaban J connectivity index is 1.63. The molecular weight excluding hydrogens is 568 g/mol. The standard InChI is InChI=1S/C33H34N2O7S/c1-6-8-9-10-16-40-24-14-12-21(18-25(24)39-5)27-26-28(36)22-17-19(3)11-13-23(22)42-29(26)31(37)35(27)33-34-20(4)30(43-33)32(38)41-15-7-2/h7,11-14,17-18,27H,2,6,8-10,15-16H2,1,3-5H3. The molecule has 2 aromatic carbocycles. The first-order valence-electron chi connectivity index (χ1n) is 14.3. The fraction of sp³-hybridized carbons (Fsp3) is 0.333. The fourth-order valence-corrected chi connectivity index (χ4v) is 6.15. The maximum atomic E-state index is 14.0. The Kier molecular flexibility index (Phi) is 8.96. The molecule has 0 radical (unpaired) electrons. The van der Waals surface area contributed by atoms with E-state index < -0.39 is 17.9 Å². The number of amides is 1. The van der Waals surface area contributed by atoms with E-state index in [2.05, 4.69) is 18.5 Å². The number of thiazole rings is 1. The van der Waals surface area contributed by atoms with Crippen molar-refractivity contribution >= 4 is 39.3 Å². The lowest BCUT2D eigenvalue weighted by Crippen LogP contribution is -2.29. The van der Waals surface area contributed by atoms with Gasteiger partial charge in [0.1, 0.15) is 17.1 Å². The number of ether oxygens (including phenoxy) is 3. The molecule has 3 heterocycles. The highest BCUT2D eigenvalue weighted by molar-refractivity contribution is 7.17. The smallest absolute Gasteiger partial charge is 0.350 e. The molecule has 4 aromatic rings. The average Bonchev–Trinajstić information content (AvgIpc) is 3.53. The molecule has 2 aromatic heterocycles. The van der Waals surface area contributed by atoms with Crippen LogP contribution in [0.5, 0.6) is 11.5 Å². The number of aromatic nitrogens is 1. The van der Waals surface area contributed by atoms with E-state index in [9.17, 15) is 14.4 Å². The number of benzene rings is 2. The van der Waals surface area contributed by atoms with Crippen LogP contribution in [0.3, 0.4) is 0 Å². The minimum atomic E-state index is -0.890. The van der Waals surface area contributed by atoms with E-state index >= 15 is 0 Å². The number of nitrogens with zero attached hydrogens (tertiary/aromatic N) is 2. The molecule has 1 aliphatic rings. The number of carbonyl (C=O) groups excluding carboxylic acids is 2. The third-order valence-electron chi connectivity index (χ3n) is 7.29. The number of carbonyl (C=O) groups is 2. The first kappa shape index (κ1) is 30.0. The van der Waals surface area contributed by atoms with E-state index in [0.717, 1.165) is 42.6 Å². The lowest BCUT2D eigenvalue weighted by molar-refractivity contribution is 0.0554. The van der Waals surface area contributed by atoms with Crippen molar-refractivity contribution in [1.29, 1.82) is 0 Å². The third kappa shape index (κ3) is 5.79. The van der Waals surface area contributed by atoms with Crippen LogP contribution in [0.4, 0.5) is 5.13 Å². The molecule has 224 valence electrons. The van der Waals surface area contributed by atoms with Gasteiger partial charge in [0.15, 0.2) is 22.1 Å². The second-order valence-electron chi connectivity index (χ2n) is 10.4. The minimum Gasteiger partial charge on any atom is -0.493 e. The van der Waals surface area contributed by atoms with Gasteiger partial charge in [0.25, 0.3) is 5.91 Å². The lowest BCUT2D eigenvalue weighted by Gasteiger charge is -2.23. The van der Waals surface area contributed by atoms with Gasteiger partial charge in [-0.2, -0.15) is 0 Å². The van der Waals surface area contributed by atoms with Gasteiger partial charge in [-0.3, -0.25) is 14.5 Å². The van der Waals surface area contributed by atoms with E-state index in [4.69, 9.17) is 18.6 Å². The maximum Gasteiger partial charge on any atom is 0.350 e. The SMILES string of the molecule is C=CCOC(=O)c1sc(N2C(=O)c3oc4ccc(C)cc4c(=O)c3C2c2ccc(OCCCCCC)c(OC)c2)nc1C. The number of hydrogen-bond acceptors (Lipinski definition) is 9. The number of rotatable bonds is 12. The van der Waals surface area contributed by atoms with Gasteiger partial charge in [0.2, 0.25) is 5.76 Å². The quantitative estimate of drug-likeness (QED) is 0.0976. The highest BCUT2D eigenvalue weighted by Crippen LogP contribution is 2.45. The Bertz CT molecular complexity index is 1760. The molecule has 1 amide bonds. The summed E-state index contributed by atoms with van der Waals surface area (Å²) < 4.78 is 23.0. The van der Waals surface area contributed by atoms with Crippen molar-refractivity contribution < 1.29 is 28.2 Å². The molecule has 1 unspecified atom stereocenters. The first-order chi connectivity index (χ1) is 20.8. The summed E-state index contributed by atoms with van der Waals surface area (Å²) >= 11 is 1.02. The Morgan fingerprint density at radius 2 is 1.93 bits per heavy atom. The Morgan fingerprint density at radius 3 is 2.67 bits per heavy atom. The third-order valence-corrected chi connectivity index (χ3v) is 8.43. The van der Waals surface area contributed by atoms with Gasteiger partial charge in [-0.25, -0.2) is 9.78 Å². The molecule has 0 saturated carbocycles. The first-order valence-corrected chi connectivity index (χ1v) is 15.1. The topological polar surface area (TPSA) is 108 Å². The van der Waals surface area contributed by atoms with Crippen molar-refractivity contribution in [3.8, 4) is 11.5 Å². The van der Waals surface area contributed by atoms with Gasteiger partial charge in [-0.15, -0.1) is 0 Å². The van der Waals surface area contributed by atoms with E-state index in [0.29, 0.717) is 40.3 Å². The highest BCUT2D eigenvalue weighted by Gasteiger charge is 2.45. The summed E-state index contributed by atoms with van der Waals surface area (Å²) in [6.07, 6.45) is 5.75. The summed E-state index contributed by atoms with van der Waals surface area (Å²) in [6.45, 7) is 9.88. The molecule has 9 nitrogen and oxygen atoms in total. The molecular formula is C33H34N2O7S. The van der Waals surface area contributed by atoms with Crippen LogP contribution < -0.4 is 19.8 Å². The van der Waals surface area contributed by atoms with E-state index in [1.165, 1.54) is 11.0 Å². The van der Waals surface area contributed by atoms with Crippen molar-refractivity contribution in [2.24, 2.45) is 0 Å². The van der Waals surface area contributed by atoms with Crippen LogP contribution in [0.25, 0.3) is 11.0 Å². The number of aryl methyl sites for hydroxylation is 2. The molecule has 0 fully saturated rings. The Labute approximate surface area is 253 Å². The average molecular weight is 603 g/mol. The second-order valence-corrected chi connectivity index (χ2v) is 11.3. The molecule has 10 heteroatoms. The summed E-state index contributed by atoms with van der Waals surface area (Å²) in [5.41, 5.74) is 2.10. The van der Waals surface area contributed by atoms with Gasteiger partial charge >= 0.3 is 5.97 Å². The predicted octanol–water partition coefficient (Wildman–Crippen LogP) is 6.93. The summed E-state index contributed by atoms with van der Waals surface area (Å²) in [7, 11) is 1.55. The largest absolute Gasteiger partial charge is 0.493 e. The highest BCUT2D eigenvalue weighted by atomic mass is 32.1. The monoisotopic (exact) mass is 602 g/mol. The lowest BCUT2D eigenvalue weighted by atomic mass is 9.98. The van der Waals surface area contributed by atoms with Crippen molar-refractivity contribution in [2.75, 3.05) is 25.2 Å². The van der Waals surface area contributed by atoms with Crippen molar-refractivity contribution in [2.45, 2.75) is 52.5 Å². The van der Waals surface area contributed by atoms with Gasteiger partial charge in [-0.05, 0) is 50.1 Å². The molecule has 0 aliphatic carbocycles. The number of esters is 1. The van der Waals surface area contributed by atoms with Gasteiger partial charge in [-0.1, -0.05) is 67.9 Å². The molecule has 43 heavy (non-hydrogen) atoms.